The molecule has 0 atom stereocenters. The molecule has 8 nitrogen and oxygen atoms in total. The summed E-state index contributed by atoms with van der Waals surface area (Å²) < 4.78 is 14.8. The number of hydrogen-bond acceptors (Lipinski definition) is 6. The lowest BCUT2D eigenvalue weighted by molar-refractivity contribution is 0.0745. The van der Waals surface area contributed by atoms with Crippen molar-refractivity contribution in [3.05, 3.63) is 98.7 Å². The van der Waals surface area contributed by atoms with Crippen molar-refractivity contribution in [1.29, 1.82) is 0 Å². The van der Waals surface area contributed by atoms with E-state index < -0.39 is 5.82 Å². The fraction of sp³-hybridized carbons (Fsp3) is 0.296. The second-order valence-corrected chi connectivity index (χ2v) is 9.42. The minimum absolute atomic E-state index is 0.0144. The molecule has 2 aliphatic heterocycles. The number of rotatable bonds is 4. The standard InChI is InChI=1S/C27H25FN6O2/c28-22-6-5-16(12-23-19-3-1-2-4-20(19)26(35)33-32-23)11-21(22)27(36)34-14-18-13-30-25(31-24(18)15-34)17-7-9-29-10-8-17/h1-6,11,13,17,29H,7-10,12,14-15H2,(H,33,35). The first-order valence-electron chi connectivity index (χ1n) is 12.2. The van der Waals surface area contributed by atoms with Gasteiger partial charge < -0.3 is 10.2 Å². The summed E-state index contributed by atoms with van der Waals surface area (Å²) in [7, 11) is 0. The minimum atomic E-state index is -0.569. The highest BCUT2D eigenvalue weighted by Gasteiger charge is 2.29. The molecule has 0 bridgehead atoms. The van der Waals surface area contributed by atoms with Crippen LogP contribution in [0.25, 0.3) is 10.8 Å². The summed E-state index contributed by atoms with van der Waals surface area (Å²) in [5, 5.41) is 11.4. The van der Waals surface area contributed by atoms with E-state index in [4.69, 9.17) is 4.98 Å². The van der Waals surface area contributed by atoms with Crippen LogP contribution in [0.15, 0.2) is 53.5 Å². The Morgan fingerprint density at radius 3 is 2.72 bits per heavy atom. The van der Waals surface area contributed by atoms with Crippen LogP contribution in [-0.2, 0) is 19.5 Å². The fourth-order valence-electron chi connectivity index (χ4n) is 5.11. The minimum Gasteiger partial charge on any atom is -0.328 e. The summed E-state index contributed by atoms with van der Waals surface area (Å²) in [5.41, 5.74) is 2.89. The van der Waals surface area contributed by atoms with Gasteiger partial charge in [0.1, 0.15) is 11.6 Å². The predicted molar refractivity (Wildman–Crippen MR) is 132 cm³/mol. The number of aromatic amines is 1. The topological polar surface area (TPSA) is 104 Å². The van der Waals surface area contributed by atoms with E-state index in [1.165, 1.54) is 6.07 Å². The Kier molecular flexibility index (Phi) is 5.77. The maximum Gasteiger partial charge on any atom is 0.272 e. The number of benzene rings is 2. The lowest BCUT2D eigenvalue weighted by atomic mass is 9.97. The van der Waals surface area contributed by atoms with Crippen LogP contribution in [-0.4, -0.2) is 44.1 Å². The van der Waals surface area contributed by atoms with Crippen LogP contribution in [0.5, 0.6) is 0 Å². The molecule has 2 aromatic carbocycles. The molecule has 4 heterocycles. The van der Waals surface area contributed by atoms with Crippen LogP contribution in [0, 0.1) is 5.82 Å². The third-order valence-corrected chi connectivity index (χ3v) is 7.07. The zero-order valence-electron chi connectivity index (χ0n) is 19.6. The Hall–Kier alpha value is -3.98. The van der Waals surface area contributed by atoms with E-state index in [9.17, 15) is 14.0 Å². The van der Waals surface area contributed by atoms with Gasteiger partial charge >= 0.3 is 0 Å². The predicted octanol–water partition coefficient (Wildman–Crippen LogP) is 3.07. The Labute approximate surface area is 206 Å². The SMILES string of the molecule is O=C(c1cc(Cc2n[nH]c(=O)c3ccccc23)ccc1F)N1Cc2cnc(C3CCNCC3)nc2C1. The van der Waals surface area contributed by atoms with Crippen LogP contribution >= 0.6 is 0 Å². The van der Waals surface area contributed by atoms with Crippen LogP contribution in [0.3, 0.4) is 0 Å². The first-order valence-corrected chi connectivity index (χ1v) is 12.2. The Morgan fingerprint density at radius 2 is 1.89 bits per heavy atom. The van der Waals surface area contributed by atoms with E-state index in [-0.39, 0.29) is 17.0 Å². The van der Waals surface area contributed by atoms with Gasteiger partial charge in [0.25, 0.3) is 11.5 Å². The molecule has 0 radical (unpaired) electrons. The molecule has 9 heteroatoms. The quantitative estimate of drug-likeness (QED) is 0.462. The van der Waals surface area contributed by atoms with Crippen molar-refractivity contribution in [1.82, 2.24) is 30.4 Å². The van der Waals surface area contributed by atoms with E-state index in [0.717, 1.165) is 54.0 Å². The fourth-order valence-corrected chi connectivity index (χ4v) is 5.11. The maximum absolute atomic E-state index is 14.8. The van der Waals surface area contributed by atoms with Crippen molar-refractivity contribution in [3.63, 3.8) is 0 Å². The number of piperidine rings is 1. The average Bonchev–Trinajstić information content (AvgIpc) is 3.35. The number of carbonyl (C=O) groups excluding carboxylic acids is 1. The van der Waals surface area contributed by atoms with Gasteiger partial charge in [-0.05, 0) is 49.7 Å². The van der Waals surface area contributed by atoms with Crippen molar-refractivity contribution in [3.8, 4) is 0 Å². The number of carbonyl (C=O) groups is 1. The first kappa shape index (κ1) is 22.5. The van der Waals surface area contributed by atoms with E-state index >= 15 is 0 Å². The van der Waals surface area contributed by atoms with E-state index in [1.807, 2.05) is 18.3 Å². The summed E-state index contributed by atoms with van der Waals surface area (Å²) in [6.07, 6.45) is 4.16. The van der Waals surface area contributed by atoms with E-state index in [1.54, 1.807) is 29.2 Å². The number of fused-ring (bicyclic) bond motifs is 2. The third kappa shape index (κ3) is 4.15. The van der Waals surface area contributed by atoms with Crippen molar-refractivity contribution in [2.24, 2.45) is 0 Å². The van der Waals surface area contributed by atoms with Gasteiger partial charge in [0.2, 0.25) is 0 Å². The lowest BCUT2D eigenvalue weighted by Crippen LogP contribution is -2.27. The smallest absolute Gasteiger partial charge is 0.272 e. The number of hydrogen-bond donors (Lipinski definition) is 2. The molecule has 0 spiro atoms. The number of H-pyrrole nitrogens is 1. The second kappa shape index (κ2) is 9.23. The molecule has 4 aromatic rings. The van der Waals surface area contributed by atoms with Crippen molar-refractivity contribution >= 4 is 16.7 Å². The average molecular weight is 485 g/mol. The summed E-state index contributed by atoms with van der Waals surface area (Å²) in [4.78, 5) is 36.4. The number of halogens is 1. The molecule has 36 heavy (non-hydrogen) atoms. The van der Waals surface area contributed by atoms with Crippen molar-refractivity contribution < 1.29 is 9.18 Å². The molecule has 0 unspecified atom stereocenters. The van der Waals surface area contributed by atoms with Crippen molar-refractivity contribution in [2.45, 2.75) is 38.3 Å². The Balaban J connectivity index is 1.24. The van der Waals surface area contributed by atoms with Gasteiger partial charge in [0.05, 0.1) is 28.9 Å². The second-order valence-electron chi connectivity index (χ2n) is 9.42. The van der Waals surface area contributed by atoms with Gasteiger partial charge in [-0.1, -0.05) is 24.3 Å². The van der Waals surface area contributed by atoms with Crippen LogP contribution in [0.4, 0.5) is 4.39 Å². The van der Waals surface area contributed by atoms with Crippen LogP contribution in [0.1, 0.15) is 57.5 Å². The van der Waals surface area contributed by atoms with Crippen LogP contribution in [0.2, 0.25) is 0 Å². The highest BCUT2D eigenvalue weighted by Crippen LogP contribution is 2.28. The van der Waals surface area contributed by atoms with Gasteiger partial charge in [0, 0.05) is 36.0 Å². The molecule has 0 aliphatic carbocycles. The summed E-state index contributed by atoms with van der Waals surface area (Å²) >= 11 is 0. The highest BCUT2D eigenvalue weighted by molar-refractivity contribution is 5.95. The summed E-state index contributed by atoms with van der Waals surface area (Å²) in [6.45, 7) is 2.60. The molecule has 1 amide bonds. The molecular formula is C27H25FN6O2. The summed E-state index contributed by atoms with van der Waals surface area (Å²) in [6, 6.07) is 11.7. The molecule has 1 fully saturated rings. The molecule has 6 rings (SSSR count). The highest BCUT2D eigenvalue weighted by atomic mass is 19.1. The monoisotopic (exact) mass is 484 g/mol. The normalized spacial score (nSPS) is 15.9. The number of nitrogens with zero attached hydrogens (tertiary/aromatic N) is 4. The zero-order valence-corrected chi connectivity index (χ0v) is 19.6. The molecule has 1 saturated heterocycles. The number of amides is 1. The van der Waals surface area contributed by atoms with Gasteiger partial charge in [-0.25, -0.2) is 19.5 Å². The van der Waals surface area contributed by atoms with E-state index in [2.05, 4.69) is 20.5 Å². The third-order valence-electron chi connectivity index (χ3n) is 7.07. The molecule has 0 saturated carbocycles. The molecule has 182 valence electrons. The molecule has 2 N–H and O–H groups in total. The number of nitrogens with one attached hydrogen (secondary N) is 2. The molecular weight excluding hydrogens is 459 g/mol. The first-order chi connectivity index (χ1) is 17.6. The molecule has 2 aliphatic rings. The van der Waals surface area contributed by atoms with Gasteiger partial charge in [-0.15, -0.1) is 0 Å². The Morgan fingerprint density at radius 1 is 1.08 bits per heavy atom. The van der Waals surface area contributed by atoms with Gasteiger partial charge in [-0.3, -0.25) is 9.59 Å². The zero-order chi connectivity index (χ0) is 24.6. The largest absolute Gasteiger partial charge is 0.328 e. The van der Waals surface area contributed by atoms with Gasteiger partial charge in [-0.2, -0.15) is 5.10 Å². The van der Waals surface area contributed by atoms with Crippen LogP contribution < -0.4 is 10.9 Å². The Bertz CT molecular complexity index is 1530. The summed E-state index contributed by atoms with van der Waals surface area (Å²) in [5.74, 6) is 0.210. The van der Waals surface area contributed by atoms with Gasteiger partial charge in [0.15, 0.2) is 0 Å². The lowest BCUT2D eigenvalue weighted by Gasteiger charge is -2.21. The van der Waals surface area contributed by atoms with Crippen molar-refractivity contribution in [2.75, 3.05) is 13.1 Å². The maximum atomic E-state index is 14.8. The molecule has 2 aromatic heterocycles. The number of aromatic nitrogens is 4. The van der Waals surface area contributed by atoms with E-state index in [0.29, 0.717) is 36.5 Å².